The smallest absolute Gasteiger partial charge is 0.0653 e. The molecule has 0 aliphatic heterocycles. The zero-order valence-corrected chi connectivity index (χ0v) is 9.51. The summed E-state index contributed by atoms with van der Waals surface area (Å²) < 4.78 is 0. The van der Waals surface area contributed by atoms with Gasteiger partial charge in [0.1, 0.15) is 0 Å². The Bertz CT molecular complexity index is 443. The van der Waals surface area contributed by atoms with Crippen molar-refractivity contribution in [2.24, 2.45) is 0 Å². The molecule has 0 fully saturated rings. The van der Waals surface area contributed by atoms with Crippen molar-refractivity contribution in [3.05, 3.63) is 29.5 Å². The van der Waals surface area contributed by atoms with Gasteiger partial charge in [0.05, 0.1) is 11.7 Å². The second kappa shape index (κ2) is 4.47. The number of nitrogens with one attached hydrogen (secondary N) is 1. The Labute approximate surface area is 90.7 Å². The summed E-state index contributed by atoms with van der Waals surface area (Å²) >= 11 is 0. The van der Waals surface area contributed by atoms with Crippen LogP contribution in [-0.4, -0.2) is 10.2 Å². The molecule has 1 heterocycles. The predicted octanol–water partition coefficient (Wildman–Crippen LogP) is 3.47. The second-order valence-corrected chi connectivity index (χ2v) is 3.99. The summed E-state index contributed by atoms with van der Waals surface area (Å²) in [5.74, 6) is 0. The van der Waals surface area contributed by atoms with Crippen molar-refractivity contribution < 1.29 is 0 Å². The van der Waals surface area contributed by atoms with E-state index >= 15 is 0 Å². The first kappa shape index (κ1) is 10.2. The minimum Gasteiger partial charge on any atom is -0.278 e. The molecule has 0 radical (unpaired) electrons. The first-order valence-electron chi connectivity index (χ1n) is 5.80. The van der Waals surface area contributed by atoms with Crippen LogP contribution in [-0.2, 0) is 12.8 Å². The normalized spacial score (nSPS) is 11.1. The number of aromatic amines is 1. The van der Waals surface area contributed by atoms with Crippen LogP contribution >= 0.6 is 0 Å². The van der Waals surface area contributed by atoms with E-state index in [1.54, 1.807) is 0 Å². The number of benzene rings is 1. The zero-order valence-electron chi connectivity index (χ0n) is 9.51. The summed E-state index contributed by atoms with van der Waals surface area (Å²) in [6.07, 6.45) is 6.77. The van der Waals surface area contributed by atoms with Crippen LogP contribution in [0.1, 0.15) is 37.8 Å². The van der Waals surface area contributed by atoms with Crippen molar-refractivity contribution >= 4 is 10.9 Å². The number of unbranched alkanes of at least 4 members (excludes halogenated alkanes) is 1. The maximum atomic E-state index is 4.11. The summed E-state index contributed by atoms with van der Waals surface area (Å²) in [6, 6.07) is 4.39. The van der Waals surface area contributed by atoms with E-state index in [9.17, 15) is 0 Å². The second-order valence-electron chi connectivity index (χ2n) is 3.99. The zero-order chi connectivity index (χ0) is 10.7. The first-order valence-corrected chi connectivity index (χ1v) is 5.80. The number of fused-ring (bicyclic) bond motifs is 1. The molecule has 80 valence electrons. The predicted molar refractivity (Wildman–Crippen MR) is 64.1 cm³/mol. The number of hydrogen-bond donors (Lipinski definition) is 1. The lowest BCUT2D eigenvalue weighted by atomic mass is 9.97. The van der Waals surface area contributed by atoms with Gasteiger partial charge in [0.25, 0.3) is 0 Å². The Morgan fingerprint density at radius 3 is 2.87 bits per heavy atom. The molecule has 2 rings (SSSR count). The minimum absolute atomic E-state index is 1.09. The molecule has 1 N–H and O–H groups in total. The molecule has 2 nitrogen and oxygen atoms in total. The molecule has 0 bridgehead atoms. The lowest BCUT2D eigenvalue weighted by molar-refractivity contribution is 0.789. The SMILES string of the molecule is CCCCc1ccc2[nH]ncc2c1CC. The molecule has 0 aliphatic carbocycles. The lowest BCUT2D eigenvalue weighted by Crippen LogP contribution is -1.93. The molecular formula is C13H18N2. The van der Waals surface area contributed by atoms with E-state index in [1.165, 1.54) is 35.8 Å². The van der Waals surface area contributed by atoms with E-state index in [0.29, 0.717) is 0 Å². The van der Waals surface area contributed by atoms with Crippen LogP contribution in [0, 0.1) is 0 Å². The third-order valence-electron chi connectivity index (χ3n) is 2.99. The van der Waals surface area contributed by atoms with Crippen LogP contribution in [0.4, 0.5) is 0 Å². The minimum atomic E-state index is 1.09. The lowest BCUT2D eigenvalue weighted by Gasteiger charge is -2.08. The number of aryl methyl sites for hydroxylation is 2. The highest BCUT2D eigenvalue weighted by atomic mass is 15.1. The number of nitrogens with zero attached hydrogens (tertiary/aromatic N) is 1. The summed E-state index contributed by atoms with van der Waals surface area (Å²) in [7, 11) is 0. The number of rotatable bonds is 4. The molecule has 1 aromatic heterocycles. The van der Waals surface area contributed by atoms with Crippen LogP contribution in [0.15, 0.2) is 18.3 Å². The van der Waals surface area contributed by atoms with E-state index in [1.807, 2.05) is 6.20 Å². The van der Waals surface area contributed by atoms with E-state index in [0.717, 1.165) is 11.9 Å². The molecule has 0 aliphatic rings. The Morgan fingerprint density at radius 2 is 2.13 bits per heavy atom. The van der Waals surface area contributed by atoms with Gasteiger partial charge < -0.3 is 0 Å². The van der Waals surface area contributed by atoms with E-state index in [4.69, 9.17) is 0 Å². The Morgan fingerprint density at radius 1 is 1.27 bits per heavy atom. The van der Waals surface area contributed by atoms with E-state index < -0.39 is 0 Å². The third-order valence-corrected chi connectivity index (χ3v) is 2.99. The summed E-state index contributed by atoms with van der Waals surface area (Å²) in [6.45, 7) is 4.46. The number of aromatic nitrogens is 2. The average Bonchev–Trinajstić information content (AvgIpc) is 2.73. The van der Waals surface area contributed by atoms with Crippen molar-refractivity contribution in [3.8, 4) is 0 Å². The Kier molecular flexibility index (Phi) is 3.05. The molecule has 0 saturated carbocycles. The molecule has 0 unspecified atom stereocenters. The molecule has 15 heavy (non-hydrogen) atoms. The van der Waals surface area contributed by atoms with Crippen molar-refractivity contribution in [3.63, 3.8) is 0 Å². The van der Waals surface area contributed by atoms with E-state index in [2.05, 4.69) is 36.2 Å². The van der Waals surface area contributed by atoms with Gasteiger partial charge in [-0.3, -0.25) is 5.10 Å². The van der Waals surface area contributed by atoms with Crippen LogP contribution in [0.25, 0.3) is 10.9 Å². The third kappa shape index (κ3) is 1.89. The maximum absolute atomic E-state index is 4.11. The topological polar surface area (TPSA) is 28.7 Å². The average molecular weight is 202 g/mol. The fourth-order valence-corrected chi connectivity index (χ4v) is 2.14. The van der Waals surface area contributed by atoms with Crippen molar-refractivity contribution in [1.82, 2.24) is 10.2 Å². The summed E-state index contributed by atoms with van der Waals surface area (Å²) in [5.41, 5.74) is 4.12. The Balaban J connectivity index is 2.44. The quantitative estimate of drug-likeness (QED) is 0.808. The highest BCUT2D eigenvalue weighted by molar-refractivity contribution is 5.82. The van der Waals surface area contributed by atoms with Gasteiger partial charge >= 0.3 is 0 Å². The van der Waals surface area contributed by atoms with Crippen LogP contribution in [0.5, 0.6) is 0 Å². The largest absolute Gasteiger partial charge is 0.278 e. The van der Waals surface area contributed by atoms with Gasteiger partial charge in [-0.05, 0) is 36.5 Å². The van der Waals surface area contributed by atoms with Crippen molar-refractivity contribution in [1.29, 1.82) is 0 Å². The van der Waals surface area contributed by atoms with Gasteiger partial charge in [0.2, 0.25) is 0 Å². The number of hydrogen-bond acceptors (Lipinski definition) is 1. The molecule has 0 atom stereocenters. The first-order chi connectivity index (χ1) is 7.36. The number of H-pyrrole nitrogens is 1. The molecule has 0 amide bonds. The Hall–Kier alpha value is -1.31. The highest BCUT2D eigenvalue weighted by Gasteiger charge is 2.06. The van der Waals surface area contributed by atoms with Crippen molar-refractivity contribution in [2.45, 2.75) is 39.5 Å². The summed E-state index contributed by atoms with van der Waals surface area (Å²) in [5, 5.41) is 8.43. The van der Waals surface area contributed by atoms with Gasteiger partial charge in [-0.1, -0.05) is 26.3 Å². The molecular weight excluding hydrogens is 184 g/mol. The van der Waals surface area contributed by atoms with E-state index in [-0.39, 0.29) is 0 Å². The fraction of sp³-hybridized carbons (Fsp3) is 0.462. The fourth-order valence-electron chi connectivity index (χ4n) is 2.14. The molecule has 2 heteroatoms. The monoisotopic (exact) mass is 202 g/mol. The summed E-state index contributed by atoms with van der Waals surface area (Å²) in [4.78, 5) is 0. The van der Waals surface area contributed by atoms with Gasteiger partial charge in [-0.15, -0.1) is 0 Å². The van der Waals surface area contributed by atoms with Crippen LogP contribution < -0.4 is 0 Å². The molecule has 1 aromatic carbocycles. The van der Waals surface area contributed by atoms with Crippen LogP contribution in [0.3, 0.4) is 0 Å². The van der Waals surface area contributed by atoms with Gasteiger partial charge in [-0.2, -0.15) is 5.10 Å². The van der Waals surface area contributed by atoms with Crippen LogP contribution in [0.2, 0.25) is 0 Å². The van der Waals surface area contributed by atoms with Crippen molar-refractivity contribution in [2.75, 3.05) is 0 Å². The molecule has 2 aromatic rings. The molecule has 0 saturated heterocycles. The molecule has 0 spiro atoms. The highest BCUT2D eigenvalue weighted by Crippen LogP contribution is 2.22. The van der Waals surface area contributed by atoms with Gasteiger partial charge in [0.15, 0.2) is 0 Å². The van der Waals surface area contributed by atoms with Gasteiger partial charge in [0, 0.05) is 5.39 Å². The maximum Gasteiger partial charge on any atom is 0.0653 e. The standard InChI is InChI=1S/C13H18N2/c1-3-5-6-10-7-8-13-12(9-14-15-13)11(10)4-2/h7-9H,3-6H2,1-2H3,(H,14,15). The van der Waals surface area contributed by atoms with Gasteiger partial charge in [-0.25, -0.2) is 0 Å².